The van der Waals surface area contributed by atoms with Gasteiger partial charge in [-0.1, -0.05) is 55.0 Å². The number of carbonyl (C=O) groups excluding carboxylic acids is 2. The molecule has 4 aromatic rings. The number of anilines is 1. The maximum atomic E-state index is 14.5. The van der Waals surface area contributed by atoms with Gasteiger partial charge < -0.3 is 14.2 Å². The first-order chi connectivity index (χ1) is 17.4. The highest BCUT2D eigenvalue weighted by molar-refractivity contribution is 6.17. The molecule has 0 saturated carbocycles. The fourth-order valence-corrected chi connectivity index (χ4v) is 5.64. The number of carbonyl (C=O) groups is 2. The van der Waals surface area contributed by atoms with Crippen molar-refractivity contribution < 1.29 is 18.4 Å². The van der Waals surface area contributed by atoms with E-state index in [0.717, 1.165) is 17.2 Å². The normalized spacial score (nSPS) is 18.4. The first-order valence-corrected chi connectivity index (χ1v) is 11.9. The molecule has 6 rings (SSSR count). The number of benzene rings is 3. The first kappa shape index (κ1) is 22.2. The van der Waals surface area contributed by atoms with Crippen molar-refractivity contribution in [2.75, 3.05) is 11.4 Å². The third kappa shape index (κ3) is 2.86. The van der Waals surface area contributed by atoms with E-state index < -0.39 is 28.6 Å². The molecule has 1 aromatic heterocycles. The standard InChI is InChI=1S/C29H23FN2O4/c1-3-13-32-27(34)26-24(25(33)20-15-19(30)11-12-23(20)36-26)29(32)21-9-4-5-10-22(21)31(28(29)35)16-18-8-6-7-17(2)14-18/h4-12,14-15H,3,13,16H2,1-2H3. The SMILES string of the molecule is CCCN1C(=O)c2oc3ccc(F)cc3c(=O)c2C12C(=O)N(Cc1cccc(C)c1)c1ccccc12. The van der Waals surface area contributed by atoms with Gasteiger partial charge in [0.25, 0.3) is 11.8 Å². The Kier molecular flexibility index (Phi) is 4.86. The Bertz CT molecular complexity index is 1640. The van der Waals surface area contributed by atoms with Crippen LogP contribution in [0.1, 0.15) is 46.2 Å². The molecule has 7 heteroatoms. The van der Waals surface area contributed by atoms with Gasteiger partial charge in [-0.15, -0.1) is 0 Å². The van der Waals surface area contributed by atoms with E-state index in [9.17, 15) is 18.8 Å². The van der Waals surface area contributed by atoms with Crippen LogP contribution in [0.25, 0.3) is 11.0 Å². The summed E-state index contributed by atoms with van der Waals surface area (Å²) in [5, 5.41) is 0.00156. The summed E-state index contributed by atoms with van der Waals surface area (Å²) in [5.74, 6) is -1.67. The lowest BCUT2D eigenvalue weighted by atomic mass is 9.84. The summed E-state index contributed by atoms with van der Waals surface area (Å²) < 4.78 is 20.1. The quantitative estimate of drug-likeness (QED) is 0.415. The highest BCUT2D eigenvalue weighted by Crippen LogP contribution is 2.52. The van der Waals surface area contributed by atoms with Crippen LogP contribution in [0.4, 0.5) is 10.1 Å². The Hall–Kier alpha value is -4.26. The lowest BCUT2D eigenvalue weighted by Crippen LogP contribution is -2.53. The number of rotatable bonds is 4. The number of halogens is 1. The molecule has 3 aromatic carbocycles. The van der Waals surface area contributed by atoms with Gasteiger partial charge in [-0.05, 0) is 43.2 Å². The van der Waals surface area contributed by atoms with Gasteiger partial charge in [0.05, 0.1) is 23.2 Å². The molecule has 36 heavy (non-hydrogen) atoms. The van der Waals surface area contributed by atoms with Gasteiger partial charge >= 0.3 is 0 Å². The smallest absolute Gasteiger partial charge is 0.291 e. The molecule has 2 amide bonds. The van der Waals surface area contributed by atoms with E-state index in [4.69, 9.17) is 4.42 Å². The second kappa shape index (κ2) is 7.88. The van der Waals surface area contributed by atoms with Crippen molar-refractivity contribution >= 4 is 28.5 Å². The molecule has 2 aliphatic heterocycles. The van der Waals surface area contributed by atoms with Crippen LogP contribution in [0.2, 0.25) is 0 Å². The number of aryl methyl sites for hydroxylation is 1. The molecule has 0 bridgehead atoms. The van der Waals surface area contributed by atoms with Gasteiger partial charge in [0, 0.05) is 12.1 Å². The number of para-hydroxylation sites is 1. The van der Waals surface area contributed by atoms with E-state index >= 15 is 0 Å². The number of hydrogen-bond donors (Lipinski definition) is 0. The third-order valence-electron chi connectivity index (χ3n) is 7.07. The first-order valence-electron chi connectivity index (χ1n) is 11.9. The van der Waals surface area contributed by atoms with Crippen LogP contribution in [0.15, 0.2) is 75.9 Å². The van der Waals surface area contributed by atoms with Gasteiger partial charge in [0.15, 0.2) is 11.0 Å². The summed E-state index contributed by atoms with van der Waals surface area (Å²) in [4.78, 5) is 45.2. The van der Waals surface area contributed by atoms with E-state index in [1.807, 2.05) is 50.2 Å². The third-order valence-corrected chi connectivity index (χ3v) is 7.07. The van der Waals surface area contributed by atoms with Crippen LogP contribution < -0.4 is 10.3 Å². The summed E-state index contributed by atoms with van der Waals surface area (Å²) in [6.45, 7) is 4.40. The van der Waals surface area contributed by atoms with Gasteiger partial charge in [0.2, 0.25) is 5.76 Å². The highest BCUT2D eigenvalue weighted by Gasteiger charge is 2.64. The summed E-state index contributed by atoms with van der Waals surface area (Å²) >= 11 is 0. The van der Waals surface area contributed by atoms with Crippen LogP contribution in [-0.2, 0) is 16.9 Å². The maximum Gasteiger partial charge on any atom is 0.291 e. The van der Waals surface area contributed by atoms with Crippen molar-refractivity contribution in [3.05, 3.63) is 111 Å². The zero-order valence-corrected chi connectivity index (χ0v) is 19.9. The van der Waals surface area contributed by atoms with Gasteiger partial charge in [0.1, 0.15) is 11.4 Å². The van der Waals surface area contributed by atoms with Crippen LogP contribution in [0.5, 0.6) is 0 Å². The van der Waals surface area contributed by atoms with Crippen molar-refractivity contribution in [1.82, 2.24) is 4.90 Å². The zero-order valence-electron chi connectivity index (χ0n) is 19.9. The predicted molar refractivity (Wildman–Crippen MR) is 133 cm³/mol. The Morgan fingerprint density at radius 2 is 1.78 bits per heavy atom. The molecular formula is C29H23FN2O4. The Labute approximate surface area is 206 Å². The molecular weight excluding hydrogens is 459 g/mol. The minimum atomic E-state index is -1.68. The summed E-state index contributed by atoms with van der Waals surface area (Å²) in [7, 11) is 0. The van der Waals surface area contributed by atoms with E-state index in [1.54, 1.807) is 17.0 Å². The topological polar surface area (TPSA) is 70.8 Å². The van der Waals surface area contributed by atoms with Gasteiger partial charge in [-0.2, -0.15) is 0 Å². The van der Waals surface area contributed by atoms with Crippen LogP contribution in [-0.4, -0.2) is 23.3 Å². The predicted octanol–water partition coefficient (Wildman–Crippen LogP) is 4.90. The molecule has 3 heterocycles. The van der Waals surface area contributed by atoms with Crippen molar-refractivity contribution in [3.63, 3.8) is 0 Å². The Morgan fingerprint density at radius 3 is 2.56 bits per heavy atom. The van der Waals surface area contributed by atoms with E-state index in [0.29, 0.717) is 17.7 Å². The van der Waals surface area contributed by atoms with Crippen molar-refractivity contribution in [2.45, 2.75) is 32.4 Å². The molecule has 0 N–H and O–H groups in total. The van der Waals surface area contributed by atoms with Crippen LogP contribution >= 0.6 is 0 Å². The van der Waals surface area contributed by atoms with Gasteiger partial charge in [-0.25, -0.2) is 4.39 Å². The summed E-state index contributed by atoms with van der Waals surface area (Å²) in [6.07, 6.45) is 0.567. The fourth-order valence-electron chi connectivity index (χ4n) is 5.64. The highest BCUT2D eigenvalue weighted by atomic mass is 19.1. The van der Waals surface area contributed by atoms with E-state index in [-0.39, 0.29) is 35.4 Å². The van der Waals surface area contributed by atoms with Crippen molar-refractivity contribution in [2.24, 2.45) is 0 Å². The summed E-state index contributed by atoms with van der Waals surface area (Å²) in [5.41, 5.74) is 0.985. The minimum absolute atomic E-state index is 0.00156. The molecule has 1 spiro atoms. The summed E-state index contributed by atoms with van der Waals surface area (Å²) in [6, 6.07) is 18.7. The Balaban J connectivity index is 1.66. The van der Waals surface area contributed by atoms with Crippen LogP contribution in [0.3, 0.4) is 0 Å². The van der Waals surface area contributed by atoms with Gasteiger partial charge in [-0.3, -0.25) is 14.4 Å². The molecule has 6 nitrogen and oxygen atoms in total. The molecule has 0 aliphatic carbocycles. The Morgan fingerprint density at radius 1 is 0.972 bits per heavy atom. The molecule has 1 unspecified atom stereocenters. The second-order valence-corrected chi connectivity index (χ2v) is 9.34. The molecule has 0 radical (unpaired) electrons. The van der Waals surface area contributed by atoms with Crippen LogP contribution in [0, 0.1) is 12.7 Å². The van der Waals surface area contributed by atoms with Crippen molar-refractivity contribution in [3.8, 4) is 0 Å². The second-order valence-electron chi connectivity index (χ2n) is 9.34. The number of amides is 2. The van der Waals surface area contributed by atoms with E-state index in [1.165, 1.54) is 17.0 Å². The molecule has 0 saturated heterocycles. The van der Waals surface area contributed by atoms with E-state index in [2.05, 4.69) is 0 Å². The average molecular weight is 483 g/mol. The molecule has 2 aliphatic rings. The number of nitrogens with zero attached hydrogens (tertiary/aromatic N) is 2. The minimum Gasteiger partial charge on any atom is -0.450 e. The lowest BCUT2D eigenvalue weighted by molar-refractivity contribution is -0.126. The molecule has 0 fully saturated rings. The maximum absolute atomic E-state index is 14.5. The average Bonchev–Trinajstić information content (AvgIpc) is 3.25. The monoisotopic (exact) mass is 482 g/mol. The van der Waals surface area contributed by atoms with Crippen molar-refractivity contribution in [1.29, 1.82) is 0 Å². The lowest BCUT2D eigenvalue weighted by Gasteiger charge is -2.34. The largest absolute Gasteiger partial charge is 0.450 e. The fraction of sp³-hybridized carbons (Fsp3) is 0.207. The number of hydrogen-bond acceptors (Lipinski definition) is 4. The molecule has 180 valence electrons. The zero-order chi connectivity index (χ0) is 25.2. The molecule has 1 atom stereocenters. The number of fused-ring (bicyclic) bond motifs is 5.